The molecule has 0 radical (unpaired) electrons. The first-order valence-electron chi connectivity index (χ1n) is 9.22. The second-order valence-electron chi connectivity index (χ2n) is 7.16. The van der Waals surface area contributed by atoms with Gasteiger partial charge in [-0.05, 0) is 45.0 Å². The Morgan fingerprint density at radius 1 is 1.22 bits per heavy atom. The Balaban J connectivity index is 1.60. The highest BCUT2D eigenvalue weighted by atomic mass is 32.1. The minimum Gasteiger partial charge on any atom is -0.333 e. The number of carbonyl (C=O) groups excluding carboxylic acids is 2. The molecule has 3 rings (SSSR count). The molecule has 2 unspecified atom stereocenters. The fraction of sp³-hybridized carbons (Fsp3) is 0.450. The van der Waals surface area contributed by atoms with Crippen molar-refractivity contribution < 1.29 is 9.59 Å². The fourth-order valence-electron chi connectivity index (χ4n) is 3.23. The third kappa shape index (κ3) is 5.61. The number of thiazole rings is 1. The van der Waals surface area contributed by atoms with Gasteiger partial charge in [-0.25, -0.2) is 4.98 Å². The molecule has 0 aliphatic heterocycles. The van der Waals surface area contributed by atoms with Crippen LogP contribution in [-0.4, -0.2) is 60.3 Å². The van der Waals surface area contributed by atoms with Crippen molar-refractivity contribution in [3.05, 3.63) is 47.5 Å². The van der Waals surface area contributed by atoms with Gasteiger partial charge in [0.05, 0.1) is 6.54 Å². The van der Waals surface area contributed by atoms with Crippen LogP contribution in [0.5, 0.6) is 0 Å². The molecule has 0 saturated heterocycles. The van der Waals surface area contributed by atoms with Crippen LogP contribution in [0, 0.1) is 5.92 Å². The van der Waals surface area contributed by atoms with Crippen molar-refractivity contribution in [1.82, 2.24) is 14.8 Å². The summed E-state index contributed by atoms with van der Waals surface area (Å²) in [7, 11) is 4.02. The molecule has 1 aromatic carbocycles. The lowest BCUT2D eigenvalue weighted by molar-refractivity contribution is -0.136. The van der Waals surface area contributed by atoms with Gasteiger partial charge in [-0.15, -0.1) is 11.3 Å². The summed E-state index contributed by atoms with van der Waals surface area (Å²) in [5.74, 6) is 0.147. The molecule has 6 nitrogen and oxygen atoms in total. The molecule has 0 spiro atoms. The van der Waals surface area contributed by atoms with Crippen molar-refractivity contribution in [1.29, 1.82) is 0 Å². The van der Waals surface area contributed by atoms with E-state index in [1.165, 1.54) is 16.9 Å². The maximum absolute atomic E-state index is 13.0. The Morgan fingerprint density at radius 2 is 2.00 bits per heavy atom. The molecule has 1 fully saturated rings. The van der Waals surface area contributed by atoms with E-state index in [2.05, 4.69) is 27.3 Å². The van der Waals surface area contributed by atoms with E-state index < -0.39 is 0 Å². The van der Waals surface area contributed by atoms with Gasteiger partial charge < -0.3 is 15.1 Å². The predicted molar refractivity (Wildman–Crippen MR) is 108 cm³/mol. The Bertz CT molecular complexity index is 749. The summed E-state index contributed by atoms with van der Waals surface area (Å²) in [5.41, 5.74) is 1.20. The summed E-state index contributed by atoms with van der Waals surface area (Å²) in [6, 6.07) is 10.1. The first-order chi connectivity index (χ1) is 13.0. The number of rotatable bonds is 9. The fourth-order valence-corrected chi connectivity index (χ4v) is 3.78. The second kappa shape index (κ2) is 9.10. The van der Waals surface area contributed by atoms with E-state index in [-0.39, 0.29) is 30.2 Å². The van der Waals surface area contributed by atoms with Crippen LogP contribution in [0.1, 0.15) is 24.3 Å². The van der Waals surface area contributed by atoms with E-state index in [0.29, 0.717) is 11.7 Å². The van der Waals surface area contributed by atoms with Crippen LogP contribution in [0.3, 0.4) is 0 Å². The van der Waals surface area contributed by atoms with E-state index in [1.807, 2.05) is 37.7 Å². The van der Waals surface area contributed by atoms with Gasteiger partial charge in [-0.2, -0.15) is 0 Å². The highest BCUT2D eigenvalue weighted by Crippen LogP contribution is 2.48. The number of benzene rings is 1. The van der Waals surface area contributed by atoms with Crippen LogP contribution < -0.4 is 5.32 Å². The van der Waals surface area contributed by atoms with Crippen LogP contribution in [0.2, 0.25) is 0 Å². The SMILES string of the molecule is CN(C)CCCN(CC(=O)Nc1nccs1)C(=O)C1CC1c1ccccc1. The lowest BCUT2D eigenvalue weighted by atomic mass is 10.1. The third-order valence-corrected chi connectivity index (χ3v) is 5.38. The highest BCUT2D eigenvalue weighted by Gasteiger charge is 2.45. The zero-order chi connectivity index (χ0) is 19.2. The number of anilines is 1. The molecule has 2 atom stereocenters. The number of carbonyl (C=O) groups is 2. The first-order valence-corrected chi connectivity index (χ1v) is 10.1. The minimum atomic E-state index is -0.194. The number of nitrogens with zero attached hydrogens (tertiary/aromatic N) is 3. The van der Waals surface area contributed by atoms with Gasteiger partial charge in [0.1, 0.15) is 0 Å². The van der Waals surface area contributed by atoms with Crippen LogP contribution in [-0.2, 0) is 9.59 Å². The van der Waals surface area contributed by atoms with Crippen LogP contribution in [0.4, 0.5) is 5.13 Å². The van der Waals surface area contributed by atoms with Crippen molar-refractivity contribution >= 4 is 28.3 Å². The number of hydrogen-bond acceptors (Lipinski definition) is 5. The topological polar surface area (TPSA) is 65.5 Å². The molecule has 1 aliphatic rings. The molecule has 27 heavy (non-hydrogen) atoms. The summed E-state index contributed by atoms with van der Waals surface area (Å²) < 4.78 is 0. The van der Waals surface area contributed by atoms with Crippen LogP contribution >= 0.6 is 11.3 Å². The molecule has 1 aromatic heterocycles. The largest absolute Gasteiger partial charge is 0.333 e. The number of amides is 2. The van der Waals surface area contributed by atoms with E-state index in [0.717, 1.165) is 19.4 Å². The third-order valence-electron chi connectivity index (χ3n) is 4.69. The van der Waals surface area contributed by atoms with E-state index in [9.17, 15) is 9.59 Å². The molecule has 144 valence electrons. The van der Waals surface area contributed by atoms with Crippen molar-refractivity contribution in [3.63, 3.8) is 0 Å². The van der Waals surface area contributed by atoms with Crippen LogP contribution in [0.15, 0.2) is 41.9 Å². The molecule has 2 amide bonds. The lowest BCUT2D eigenvalue weighted by Crippen LogP contribution is -2.40. The second-order valence-corrected chi connectivity index (χ2v) is 8.06. The van der Waals surface area contributed by atoms with Gasteiger partial charge in [0.2, 0.25) is 11.8 Å². The first kappa shape index (κ1) is 19.5. The predicted octanol–water partition coefficient (Wildman–Crippen LogP) is 2.67. The van der Waals surface area contributed by atoms with Crippen molar-refractivity contribution in [3.8, 4) is 0 Å². The maximum atomic E-state index is 13.0. The summed E-state index contributed by atoms with van der Waals surface area (Å²) in [4.78, 5) is 33.3. The highest BCUT2D eigenvalue weighted by molar-refractivity contribution is 7.13. The molecule has 1 saturated carbocycles. The molecule has 2 aromatic rings. The van der Waals surface area contributed by atoms with Gasteiger partial charge in [0.25, 0.3) is 0 Å². The van der Waals surface area contributed by atoms with Crippen molar-refractivity contribution in [2.75, 3.05) is 39.0 Å². The molecule has 7 heteroatoms. The lowest BCUT2D eigenvalue weighted by Gasteiger charge is -2.23. The quantitative estimate of drug-likeness (QED) is 0.720. The monoisotopic (exact) mass is 386 g/mol. The molecule has 0 bridgehead atoms. The summed E-state index contributed by atoms with van der Waals surface area (Å²) in [6.45, 7) is 1.54. The number of nitrogens with one attached hydrogen (secondary N) is 1. The van der Waals surface area contributed by atoms with Gasteiger partial charge in [-0.1, -0.05) is 30.3 Å². The number of aromatic nitrogens is 1. The smallest absolute Gasteiger partial charge is 0.245 e. The number of hydrogen-bond donors (Lipinski definition) is 1. The van der Waals surface area contributed by atoms with Crippen molar-refractivity contribution in [2.45, 2.75) is 18.8 Å². The zero-order valence-electron chi connectivity index (χ0n) is 15.8. The summed E-state index contributed by atoms with van der Waals surface area (Å²) >= 11 is 1.37. The molecule has 1 heterocycles. The summed E-state index contributed by atoms with van der Waals surface area (Å²) in [5, 5.41) is 5.15. The average Bonchev–Trinajstić information content (AvgIpc) is 3.30. The maximum Gasteiger partial charge on any atom is 0.245 e. The van der Waals surface area contributed by atoms with E-state index >= 15 is 0 Å². The average molecular weight is 387 g/mol. The molecule has 1 aliphatic carbocycles. The Kier molecular flexibility index (Phi) is 6.58. The van der Waals surface area contributed by atoms with Gasteiger partial charge >= 0.3 is 0 Å². The normalized spacial score (nSPS) is 18.3. The zero-order valence-corrected chi connectivity index (χ0v) is 16.6. The Morgan fingerprint density at radius 3 is 2.67 bits per heavy atom. The van der Waals surface area contributed by atoms with Crippen molar-refractivity contribution in [2.24, 2.45) is 5.92 Å². The van der Waals surface area contributed by atoms with E-state index in [4.69, 9.17) is 0 Å². The Hall–Kier alpha value is -2.25. The standard InChI is InChI=1S/C20H26N4O2S/c1-23(2)10-6-11-24(14-18(25)22-20-21-9-12-27-20)19(26)17-13-16(17)15-7-4-3-5-8-15/h3-5,7-9,12,16-17H,6,10-11,13-14H2,1-2H3,(H,21,22,25). The minimum absolute atomic E-state index is 0.0144. The van der Waals surface area contributed by atoms with Gasteiger partial charge in [0, 0.05) is 24.0 Å². The van der Waals surface area contributed by atoms with Gasteiger partial charge in [-0.3, -0.25) is 9.59 Å². The molecule has 1 N–H and O–H groups in total. The van der Waals surface area contributed by atoms with E-state index in [1.54, 1.807) is 11.1 Å². The molecular formula is C20H26N4O2S. The van der Waals surface area contributed by atoms with Crippen LogP contribution in [0.25, 0.3) is 0 Å². The Labute approximate surface area is 164 Å². The van der Waals surface area contributed by atoms with Gasteiger partial charge in [0.15, 0.2) is 5.13 Å². The summed E-state index contributed by atoms with van der Waals surface area (Å²) in [6.07, 6.45) is 3.35. The molecular weight excluding hydrogens is 360 g/mol.